The first kappa shape index (κ1) is 27.4. The molecular formula is C28H32N2O7S2. The number of benzene rings is 2. The number of aliphatic hydroxyl groups is 1. The number of hydrogen-bond donors (Lipinski definition) is 2. The number of H-pyrrole nitrogens is 1. The van der Waals surface area contributed by atoms with Gasteiger partial charge in [-0.1, -0.05) is 51.0 Å². The molecular weight excluding hydrogens is 540 g/mol. The molecule has 1 atom stereocenters. The zero-order valence-electron chi connectivity index (χ0n) is 21.9. The number of aromatic nitrogens is 2. The Morgan fingerprint density at radius 2 is 1.72 bits per heavy atom. The number of hydrogen-bond acceptors (Lipinski definition) is 8. The van der Waals surface area contributed by atoms with E-state index in [0.717, 1.165) is 12.8 Å². The van der Waals surface area contributed by atoms with Crippen LogP contribution in [0.4, 0.5) is 0 Å². The van der Waals surface area contributed by atoms with Gasteiger partial charge in [0.15, 0.2) is 20.5 Å². The van der Waals surface area contributed by atoms with Crippen LogP contribution in [0, 0.1) is 5.92 Å². The standard InChI is InChI=1S/C28H32N2O7S2/c1-3-14-28(15-4-2)25(31)24(26(32)37-28)23(18-12-13-18)19-8-7-9-20(16-19)38(33,34)17-39(35,36)27-29-21-10-5-6-11-22(21)30-27/h5-11,16,18,23,31H,3-4,12-15,17H2,1-2H3,(H,29,30). The van der Waals surface area contributed by atoms with E-state index in [1.54, 1.807) is 30.3 Å². The summed E-state index contributed by atoms with van der Waals surface area (Å²) in [6.07, 6.45) is 4.06. The molecule has 1 unspecified atom stereocenters. The Bertz CT molecular complexity index is 1630. The van der Waals surface area contributed by atoms with E-state index < -0.39 is 47.4 Å². The van der Waals surface area contributed by atoms with Crippen molar-refractivity contribution in [3.05, 3.63) is 65.4 Å². The largest absolute Gasteiger partial charge is 0.507 e. The van der Waals surface area contributed by atoms with Crippen LogP contribution in [0.2, 0.25) is 0 Å². The Morgan fingerprint density at radius 1 is 1.03 bits per heavy atom. The lowest BCUT2D eigenvalue weighted by Crippen LogP contribution is -2.31. The summed E-state index contributed by atoms with van der Waals surface area (Å²) in [4.78, 5) is 19.7. The summed E-state index contributed by atoms with van der Waals surface area (Å²) in [5.41, 5.74) is 0.557. The predicted molar refractivity (Wildman–Crippen MR) is 146 cm³/mol. The summed E-state index contributed by atoms with van der Waals surface area (Å²) < 4.78 is 58.6. The van der Waals surface area contributed by atoms with E-state index in [9.17, 15) is 26.7 Å². The van der Waals surface area contributed by atoms with Crippen molar-refractivity contribution in [3.8, 4) is 0 Å². The van der Waals surface area contributed by atoms with Crippen molar-refractivity contribution in [1.82, 2.24) is 9.97 Å². The van der Waals surface area contributed by atoms with Gasteiger partial charge in [0.2, 0.25) is 15.0 Å². The highest BCUT2D eigenvalue weighted by molar-refractivity contribution is 8.08. The average molecular weight is 573 g/mol. The number of esters is 1. The van der Waals surface area contributed by atoms with Gasteiger partial charge in [-0.15, -0.1) is 0 Å². The Morgan fingerprint density at radius 3 is 2.36 bits per heavy atom. The third-order valence-corrected chi connectivity index (χ3v) is 11.7. The normalized spacial score (nSPS) is 18.5. The number of para-hydroxylation sites is 2. The van der Waals surface area contributed by atoms with E-state index in [1.165, 1.54) is 18.2 Å². The molecule has 1 aromatic heterocycles. The minimum absolute atomic E-state index is 0.0472. The zero-order valence-corrected chi connectivity index (χ0v) is 23.5. The first-order valence-electron chi connectivity index (χ1n) is 13.2. The number of nitrogens with one attached hydrogen (secondary N) is 1. The average Bonchev–Trinajstić information content (AvgIpc) is 3.56. The third-order valence-electron chi connectivity index (χ3n) is 7.46. The van der Waals surface area contributed by atoms with Crippen molar-refractivity contribution >= 4 is 36.7 Å². The molecule has 1 aliphatic heterocycles. The summed E-state index contributed by atoms with van der Waals surface area (Å²) >= 11 is 0. The second-order valence-electron chi connectivity index (χ2n) is 10.4. The van der Waals surface area contributed by atoms with Crippen LogP contribution in [0.5, 0.6) is 0 Å². The maximum absolute atomic E-state index is 13.3. The van der Waals surface area contributed by atoms with Crippen LogP contribution in [-0.2, 0) is 29.2 Å². The molecule has 2 heterocycles. The number of aromatic amines is 1. The van der Waals surface area contributed by atoms with E-state index in [-0.39, 0.29) is 22.1 Å². The van der Waals surface area contributed by atoms with Gasteiger partial charge in [-0.05, 0) is 61.4 Å². The molecule has 1 fully saturated rings. The monoisotopic (exact) mass is 572 g/mol. The fourth-order valence-corrected chi connectivity index (χ4v) is 9.31. The van der Waals surface area contributed by atoms with Gasteiger partial charge in [-0.25, -0.2) is 26.6 Å². The van der Waals surface area contributed by atoms with Gasteiger partial charge in [-0.3, -0.25) is 0 Å². The number of fused-ring (bicyclic) bond motifs is 1. The minimum Gasteiger partial charge on any atom is -0.507 e. The smallest absolute Gasteiger partial charge is 0.339 e. The number of imidazole rings is 1. The molecule has 208 valence electrons. The molecule has 5 rings (SSSR count). The molecule has 0 spiro atoms. The summed E-state index contributed by atoms with van der Waals surface area (Å²) in [6, 6.07) is 12.7. The molecule has 1 saturated carbocycles. The number of ether oxygens (including phenoxy) is 1. The third kappa shape index (κ3) is 5.09. The number of carbonyl (C=O) groups is 1. The van der Waals surface area contributed by atoms with Gasteiger partial charge >= 0.3 is 5.97 Å². The van der Waals surface area contributed by atoms with Crippen molar-refractivity contribution < 1.29 is 31.5 Å². The molecule has 0 saturated heterocycles. The van der Waals surface area contributed by atoms with Gasteiger partial charge in [0.1, 0.15) is 5.76 Å². The molecule has 9 nitrogen and oxygen atoms in total. The fourth-order valence-electron chi connectivity index (χ4n) is 5.58. The molecule has 2 N–H and O–H groups in total. The van der Waals surface area contributed by atoms with Gasteiger partial charge in [0.05, 0.1) is 21.5 Å². The first-order valence-corrected chi connectivity index (χ1v) is 16.5. The van der Waals surface area contributed by atoms with Gasteiger partial charge in [-0.2, -0.15) is 0 Å². The molecule has 2 aromatic carbocycles. The predicted octanol–water partition coefficient (Wildman–Crippen LogP) is 4.97. The van der Waals surface area contributed by atoms with Gasteiger partial charge < -0.3 is 14.8 Å². The van der Waals surface area contributed by atoms with Crippen LogP contribution in [-0.4, -0.2) is 48.6 Å². The first-order chi connectivity index (χ1) is 18.5. The van der Waals surface area contributed by atoms with Crippen molar-refractivity contribution in [1.29, 1.82) is 0 Å². The molecule has 0 radical (unpaired) electrons. The number of sulfone groups is 2. The van der Waals surface area contributed by atoms with Crippen LogP contribution >= 0.6 is 0 Å². The Balaban J connectivity index is 1.50. The van der Waals surface area contributed by atoms with Crippen LogP contribution in [0.25, 0.3) is 11.0 Å². The lowest BCUT2D eigenvalue weighted by Gasteiger charge is -2.27. The molecule has 1 aliphatic carbocycles. The quantitative estimate of drug-likeness (QED) is 0.307. The summed E-state index contributed by atoms with van der Waals surface area (Å²) in [6.45, 7) is 3.92. The van der Waals surface area contributed by atoms with Crippen molar-refractivity contribution in [2.24, 2.45) is 5.92 Å². The zero-order chi connectivity index (χ0) is 28.0. The van der Waals surface area contributed by atoms with Crippen LogP contribution < -0.4 is 0 Å². The molecule has 11 heteroatoms. The Hall–Kier alpha value is -3.18. The van der Waals surface area contributed by atoms with Crippen molar-refractivity contribution in [3.63, 3.8) is 0 Å². The number of rotatable bonds is 11. The van der Waals surface area contributed by atoms with Crippen LogP contribution in [0.3, 0.4) is 0 Å². The summed E-state index contributed by atoms with van der Waals surface area (Å²) in [5.74, 6) is -1.14. The number of aliphatic hydroxyl groups excluding tert-OH is 1. The second-order valence-corrected chi connectivity index (χ2v) is 14.7. The maximum Gasteiger partial charge on any atom is 0.339 e. The number of cyclic esters (lactones) is 1. The van der Waals surface area contributed by atoms with Gasteiger partial charge in [0, 0.05) is 5.92 Å². The molecule has 39 heavy (non-hydrogen) atoms. The Labute approximate surface area is 228 Å². The molecule has 2 aliphatic rings. The van der Waals surface area contributed by atoms with E-state index >= 15 is 0 Å². The van der Waals surface area contributed by atoms with E-state index in [4.69, 9.17) is 4.74 Å². The minimum atomic E-state index is -4.30. The maximum atomic E-state index is 13.3. The SMILES string of the molecule is CCCC1(CCC)OC(=O)C(C(c2cccc(S(=O)(=O)CS(=O)(=O)c3nc4ccccc4[nH]3)c2)C2CC2)=C1O. The highest BCUT2D eigenvalue weighted by Gasteiger charge is 2.51. The van der Waals surface area contributed by atoms with E-state index in [1.807, 2.05) is 13.8 Å². The van der Waals surface area contributed by atoms with Crippen molar-refractivity contribution in [2.45, 2.75) is 73.9 Å². The highest BCUT2D eigenvalue weighted by atomic mass is 32.3. The van der Waals surface area contributed by atoms with Crippen molar-refractivity contribution in [2.75, 3.05) is 5.08 Å². The number of carbonyl (C=O) groups excluding carboxylic acids is 1. The van der Waals surface area contributed by atoms with Crippen LogP contribution in [0.1, 0.15) is 63.9 Å². The lowest BCUT2D eigenvalue weighted by molar-refractivity contribution is -0.149. The van der Waals surface area contributed by atoms with E-state index in [0.29, 0.717) is 42.3 Å². The lowest BCUT2D eigenvalue weighted by atomic mass is 9.82. The molecule has 0 bridgehead atoms. The molecule has 3 aromatic rings. The van der Waals surface area contributed by atoms with Crippen LogP contribution in [0.15, 0.2) is 69.9 Å². The Kier molecular flexibility index (Phi) is 7.09. The summed E-state index contributed by atoms with van der Waals surface area (Å²) in [5, 5.41) is 9.76. The van der Waals surface area contributed by atoms with E-state index in [2.05, 4.69) is 9.97 Å². The topological polar surface area (TPSA) is 143 Å². The fraction of sp³-hybridized carbons (Fsp3) is 0.429. The summed E-state index contributed by atoms with van der Waals surface area (Å²) in [7, 11) is -8.60. The number of nitrogens with zero attached hydrogens (tertiary/aromatic N) is 1. The highest BCUT2D eigenvalue weighted by Crippen LogP contribution is 2.52. The van der Waals surface area contributed by atoms with Gasteiger partial charge in [0.25, 0.3) is 0 Å². The second kappa shape index (κ2) is 10.1. The molecule has 0 amide bonds.